The lowest BCUT2D eigenvalue weighted by atomic mass is 10.2. The Hall–Kier alpha value is -1.09. The summed E-state index contributed by atoms with van der Waals surface area (Å²) in [7, 11) is 2.04. The number of rotatable bonds is 3. The van der Waals surface area contributed by atoms with E-state index in [1.807, 2.05) is 19.2 Å². The van der Waals surface area contributed by atoms with Crippen molar-refractivity contribution in [1.82, 2.24) is 4.57 Å². The molecule has 84 valence electrons. The van der Waals surface area contributed by atoms with E-state index in [1.54, 1.807) is 6.92 Å². The molecule has 0 radical (unpaired) electrons. The van der Waals surface area contributed by atoms with Crippen molar-refractivity contribution in [3.05, 3.63) is 34.4 Å². The highest BCUT2D eigenvalue weighted by Gasteiger charge is 2.12. The summed E-state index contributed by atoms with van der Waals surface area (Å²) in [6, 6.07) is 8.25. The van der Waals surface area contributed by atoms with Gasteiger partial charge in [-0.25, -0.2) is 0 Å². The standard InChI is InChI=1S/C13H14BrNO/c1-9(16)7-8-12-13(14)10-5-3-4-6-11(10)15(12)2/h3-6H,7-8H2,1-2H3. The lowest BCUT2D eigenvalue weighted by Gasteiger charge is -2.03. The highest BCUT2D eigenvalue weighted by Crippen LogP contribution is 2.30. The third kappa shape index (κ3) is 1.92. The summed E-state index contributed by atoms with van der Waals surface area (Å²) in [5.41, 5.74) is 2.39. The molecule has 0 aliphatic carbocycles. The molecular formula is C13H14BrNO. The molecule has 2 nitrogen and oxygen atoms in total. The number of carbonyl (C=O) groups is 1. The van der Waals surface area contributed by atoms with Crippen LogP contribution in [0.15, 0.2) is 28.7 Å². The average Bonchev–Trinajstić information content (AvgIpc) is 2.50. The Morgan fingerprint density at radius 1 is 1.38 bits per heavy atom. The number of hydrogen-bond donors (Lipinski definition) is 0. The van der Waals surface area contributed by atoms with Crippen LogP contribution in [0.1, 0.15) is 19.0 Å². The second-order valence-corrected chi connectivity index (χ2v) is 4.83. The van der Waals surface area contributed by atoms with Gasteiger partial charge in [0, 0.05) is 34.5 Å². The monoisotopic (exact) mass is 279 g/mol. The number of hydrogen-bond acceptors (Lipinski definition) is 1. The predicted molar refractivity (Wildman–Crippen MR) is 69.6 cm³/mol. The van der Waals surface area contributed by atoms with Crippen molar-refractivity contribution < 1.29 is 4.79 Å². The van der Waals surface area contributed by atoms with Gasteiger partial charge in [-0.15, -0.1) is 0 Å². The van der Waals surface area contributed by atoms with Gasteiger partial charge in [0.15, 0.2) is 0 Å². The van der Waals surface area contributed by atoms with Crippen LogP contribution in [-0.2, 0) is 18.3 Å². The fraction of sp³-hybridized carbons (Fsp3) is 0.308. The van der Waals surface area contributed by atoms with Gasteiger partial charge >= 0.3 is 0 Å². The lowest BCUT2D eigenvalue weighted by molar-refractivity contribution is -0.117. The summed E-state index contributed by atoms with van der Waals surface area (Å²) in [6.45, 7) is 1.64. The summed E-state index contributed by atoms with van der Waals surface area (Å²) < 4.78 is 3.27. The third-order valence-corrected chi connectivity index (χ3v) is 3.76. The van der Waals surface area contributed by atoms with Crippen molar-refractivity contribution in [2.45, 2.75) is 19.8 Å². The molecule has 3 heteroatoms. The van der Waals surface area contributed by atoms with E-state index in [1.165, 1.54) is 16.6 Å². The molecule has 0 aliphatic heterocycles. The number of benzene rings is 1. The number of Topliss-reactive ketones (excluding diaryl/α,β-unsaturated/α-hetero) is 1. The smallest absolute Gasteiger partial charge is 0.130 e. The van der Waals surface area contributed by atoms with Crippen LogP contribution in [0.5, 0.6) is 0 Å². The first-order valence-electron chi connectivity index (χ1n) is 5.32. The van der Waals surface area contributed by atoms with Crippen LogP contribution < -0.4 is 0 Å². The van der Waals surface area contributed by atoms with E-state index in [2.05, 4.69) is 32.6 Å². The fourth-order valence-electron chi connectivity index (χ4n) is 1.97. The van der Waals surface area contributed by atoms with Gasteiger partial charge < -0.3 is 9.36 Å². The van der Waals surface area contributed by atoms with Crippen LogP contribution in [0, 0.1) is 0 Å². The maximum atomic E-state index is 11.0. The zero-order valence-electron chi connectivity index (χ0n) is 9.46. The van der Waals surface area contributed by atoms with E-state index < -0.39 is 0 Å². The van der Waals surface area contributed by atoms with E-state index in [4.69, 9.17) is 0 Å². The molecule has 16 heavy (non-hydrogen) atoms. The first kappa shape index (κ1) is 11.4. The van der Waals surface area contributed by atoms with Crippen LogP contribution in [0.3, 0.4) is 0 Å². The zero-order chi connectivity index (χ0) is 11.7. The fourth-order valence-corrected chi connectivity index (χ4v) is 2.77. The number of nitrogens with zero attached hydrogens (tertiary/aromatic N) is 1. The molecule has 0 saturated heterocycles. The summed E-state index contributed by atoms with van der Waals surface area (Å²) in [5.74, 6) is 0.233. The number of para-hydroxylation sites is 1. The van der Waals surface area contributed by atoms with Crippen molar-refractivity contribution in [2.75, 3.05) is 0 Å². The van der Waals surface area contributed by atoms with Gasteiger partial charge in [0.05, 0.1) is 0 Å². The van der Waals surface area contributed by atoms with Crippen LogP contribution in [0.4, 0.5) is 0 Å². The van der Waals surface area contributed by atoms with Crippen molar-refractivity contribution in [3.63, 3.8) is 0 Å². The van der Waals surface area contributed by atoms with Gasteiger partial charge in [-0.3, -0.25) is 0 Å². The Bertz CT molecular complexity index is 503. The summed E-state index contributed by atoms with van der Waals surface area (Å²) in [5, 5.41) is 1.21. The molecule has 1 heterocycles. The maximum Gasteiger partial charge on any atom is 0.130 e. The number of aryl methyl sites for hydroxylation is 1. The van der Waals surface area contributed by atoms with Crippen molar-refractivity contribution in [1.29, 1.82) is 0 Å². The highest BCUT2D eigenvalue weighted by atomic mass is 79.9. The largest absolute Gasteiger partial charge is 0.347 e. The third-order valence-electron chi connectivity index (χ3n) is 2.87. The van der Waals surface area contributed by atoms with Crippen LogP contribution in [-0.4, -0.2) is 10.4 Å². The quantitative estimate of drug-likeness (QED) is 0.843. The van der Waals surface area contributed by atoms with Crippen molar-refractivity contribution in [3.8, 4) is 0 Å². The number of ketones is 1. The van der Waals surface area contributed by atoms with Gasteiger partial charge in [-0.2, -0.15) is 0 Å². The number of fused-ring (bicyclic) bond motifs is 1. The van der Waals surface area contributed by atoms with Crippen molar-refractivity contribution >= 4 is 32.6 Å². The minimum Gasteiger partial charge on any atom is -0.347 e. The summed E-state index contributed by atoms with van der Waals surface area (Å²) in [4.78, 5) is 11.0. The number of aromatic nitrogens is 1. The zero-order valence-corrected chi connectivity index (χ0v) is 11.0. The summed E-state index contributed by atoms with van der Waals surface area (Å²) in [6.07, 6.45) is 1.39. The minimum atomic E-state index is 0.233. The molecule has 0 bridgehead atoms. The van der Waals surface area contributed by atoms with Crippen molar-refractivity contribution in [2.24, 2.45) is 7.05 Å². The normalized spacial score (nSPS) is 10.9. The Kier molecular flexibility index (Phi) is 3.15. The molecule has 1 aromatic heterocycles. The van der Waals surface area contributed by atoms with Crippen LogP contribution in [0.2, 0.25) is 0 Å². The SMILES string of the molecule is CC(=O)CCc1c(Br)c2ccccc2n1C. The maximum absolute atomic E-state index is 11.0. The predicted octanol–water partition coefficient (Wildman–Crippen LogP) is 3.46. The highest BCUT2D eigenvalue weighted by molar-refractivity contribution is 9.10. The molecule has 0 saturated carbocycles. The minimum absolute atomic E-state index is 0.233. The molecule has 0 atom stereocenters. The molecule has 0 spiro atoms. The second kappa shape index (κ2) is 4.42. The number of carbonyl (C=O) groups excluding carboxylic acids is 1. The molecule has 0 N–H and O–H groups in total. The Labute approximate surface area is 103 Å². The first-order valence-corrected chi connectivity index (χ1v) is 6.11. The van der Waals surface area contributed by atoms with E-state index in [-0.39, 0.29) is 5.78 Å². The molecule has 2 aromatic rings. The van der Waals surface area contributed by atoms with Gasteiger partial charge in [0.1, 0.15) is 5.78 Å². The molecule has 0 unspecified atom stereocenters. The van der Waals surface area contributed by atoms with E-state index in [0.717, 1.165) is 10.9 Å². The molecule has 2 rings (SSSR count). The summed E-state index contributed by atoms with van der Waals surface area (Å²) >= 11 is 3.62. The Balaban J connectivity index is 2.48. The second-order valence-electron chi connectivity index (χ2n) is 4.04. The molecule has 0 fully saturated rings. The molecular weight excluding hydrogens is 266 g/mol. The van der Waals surface area contributed by atoms with Crippen LogP contribution in [0.25, 0.3) is 10.9 Å². The Morgan fingerprint density at radius 2 is 2.06 bits per heavy atom. The van der Waals surface area contributed by atoms with Gasteiger partial charge in [-0.05, 0) is 35.3 Å². The molecule has 0 amide bonds. The lowest BCUT2D eigenvalue weighted by Crippen LogP contribution is -2.00. The topological polar surface area (TPSA) is 22.0 Å². The van der Waals surface area contributed by atoms with Gasteiger partial charge in [0.25, 0.3) is 0 Å². The Morgan fingerprint density at radius 3 is 2.69 bits per heavy atom. The van der Waals surface area contributed by atoms with Crippen LogP contribution >= 0.6 is 15.9 Å². The van der Waals surface area contributed by atoms with E-state index in [0.29, 0.717) is 6.42 Å². The average molecular weight is 280 g/mol. The van der Waals surface area contributed by atoms with E-state index >= 15 is 0 Å². The molecule has 1 aromatic carbocycles. The van der Waals surface area contributed by atoms with Gasteiger partial charge in [-0.1, -0.05) is 18.2 Å². The van der Waals surface area contributed by atoms with E-state index in [9.17, 15) is 4.79 Å². The first-order chi connectivity index (χ1) is 7.61. The molecule has 0 aliphatic rings. The number of halogens is 1. The van der Waals surface area contributed by atoms with Gasteiger partial charge in [0.2, 0.25) is 0 Å².